The van der Waals surface area contributed by atoms with Crippen LogP contribution in [0.1, 0.15) is 5.56 Å². The molecule has 0 aromatic heterocycles. The van der Waals surface area contributed by atoms with E-state index in [0.717, 1.165) is 5.56 Å². The molecule has 0 radical (unpaired) electrons. The number of aliphatic hydroxyl groups is 1. The summed E-state index contributed by atoms with van der Waals surface area (Å²) in [6.07, 6.45) is 0.185. The largest absolute Gasteiger partial charge is 0.395 e. The van der Waals surface area contributed by atoms with Crippen LogP contribution in [0.4, 0.5) is 0 Å². The summed E-state index contributed by atoms with van der Waals surface area (Å²) < 4.78 is 27.5. The first-order valence-electron chi connectivity index (χ1n) is 7.63. The van der Waals surface area contributed by atoms with E-state index >= 15 is 0 Å². The second-order valence-electron chi connectivity index (χ2n) is 5.33. The maximum absolute atomic E-state index is 12.5. The maximum atomic E-state index is 12.5. The Bertz CT molecular complexity index is 795. The molecule has 0 aliphatic carbocycles. The van der Waals surface area contributed by atoms with E-state index in [4.69, 9.17) is 16.7 Å². The van der Waals surface area contributed by atoms with Crippen molar-refractivity contribution in [2.24, 2.45) is 0 Å². The third-order valence-corrected chi connectivity index (χ3v) is 5.17. The Hall–Kier alpha value is -1.93. The third kappa shape index (κ3) is 5.82. The van der Waals surface area contributed by atoms with Gasteiger partial charge in [-0.3, -0.25) is 4.79 Å². The van der Waals surface area contributed by atoms with E-state index in [-0.39, 0.29) is 24.5 Å². The molecule has 8 heteroatoms. The molecular weight excluding hydrogens is 364 g/mol. The molecule has 0 fully saturated rings. The van der Waals surface area contributed by atoms with Crippen LogP contribution in [0.3, 0.4) is 0 Å². The highest BCUT2D eigenvalue weighted by atomic mass is 35.5. The van der Waals surface area contributed by atoms with Gasteiger partial charge in [0.1, 0.15) is 6.04 Å². The van der Waals surface area contributed by atoms with Crippen LogP contribution in [0.15, 0.2) is 59.5 Å². The molecule has 0 heterocycles. The zero-order valence-electron chi connectivity index (χ0n) is 13.4. The van der Waals surface area contributed by atoms with Gasteiger partial charge in [0.2, 0.25) is 15.9 Å². The predicted molar refractivity (Wildman–Crippen MR) is 95.8 cm³/mol. The topological polar surface area (TPSA) is 95.5 Å². The van der Waals surface area contributed by atoms with Crippen LogP contribution < -0.4 is 10.0 Å². The lowest BCUT2D eigenvalue weighted by atomic mass is 10.1. The SMILES string of the molecule is O=C(NCCO)C(Cc1ccccc1)NS(=O)(=O)c1ccc(Cl)cc1. The Labute approximate surface area is 151 Å². The van der Waals surface area contributed by atoms with Gasteiger partial charge in [0.15, 0.2) is 0 Å². The highest BCUT2D eigenvalue weighted by molar-refractivity contribution is 7.89. The molecule has 1 atom stereocenters. The molecule has 0 aliphatic heterocycles. The molecule has 0 saturated carbocycles. The van der Waals surface area contributed by atoms with Crippen LogP contribution in [0, 0.1) is 0 Å². The Morgan fingerprint density at radius 1 is 1.08 bits per heavy atom. The minimum atomic E-state index is -3.90. The Balaban J connectivity index is 2.22. The number of carbonyl (C=O) groups excluding carboxylic acids is 1. The highest BCUT2D eigenvalue weighted by Crippen LogP contribution is 2.15. The van der Waals surface area contributed by atoms with Crippen LogP contribution in [-0.2, 0) is 21.2 Å². The quantitative estimate of drug-likeness (QED) is 0.642. The summed E-state index contributed by atoms with van der Waals surface area (Å²) in [5.41, 5.74) is 0.811. The average molecular weight is 383 g/mol. The first-order chi connectivity index (χ1) is 11.9. The predicted octanol–water partition coefficient (Wildman–Crippen LogP) is 1.34. The monoisotopic (exact) mass is 382 g/mol. The van der Waals surface area contributed by atoms with Gasteiger partial charge in [0.05, 0.1) is 11.5 Å². The molecule has 6 nitrogen and oxygen atoms in total. The number of hydrogen-bond donors (Lipinski definition) is 3. The van der Waals surface area contributed by atoms with Gasteiger partial charge in [-0.2, -0.15) is 4.72 Å². The van der Waals surface area contributed by atoms with Crippen LogP contribution in [0.5, 0.6) is 0 Å². The van der Waals surface area contributed by atoms with Crippen LogP contribution in [-0.4, -0.2) is 38.6 Å². The molecule has 134 valence electrons. The summed E-state index contributed by atoms with van der Waals surface area (Å²) in [5.74, 6) is -0.504. The van der Waals surface area contributed by atoms with Gasteiger partial charge >= 0.3 is 0 Å². The fraction of sp³-hybridized carbons (Fsp3) is 0.235. The van der Waals surface area contributed by atoms with E-state index in [1.807, 2.05) is 30.3 Å². The van der Waals surface area contributed by atoms with Crippen molar-refractivity contribution < 1.29 is 18.3 Å². The van der Waals surface area contributed by atoms with Crippen molar-refractivity contribution in [1.82, 2.24) is 10.0 Å². The van der Waals surface area contributed by atoms with Gasteiger partial charge in [-0.15, -0.1) is 0 Å². The normalized spacial score (nSPS) is 12.6. The van der Waals surface area contributed by atoms with Gasteiger partial charge < -0.3 is 10.4 Å². The standard InChI is InChI=1S/C17H19ClN2O4S/c18-14-6-8-15(9-7-14)25(23,24)20-16(17(22)19-10-11-21)12-13-4-2-1-3-5-13/h1-9,16,20-21H,10-12H2,(H,19,22). The summed E-state index contributed by atoms with van der Waals surface area (Å²) in [6, 6.07) is 13.7. The molecule has 0 aliphatic rings. The number of carbonyl (C=O) groups is 1. The molecule has 3 N–H and O–H groups in total. The number of hydrogen-bond acceptors (Lipinski definition) is 4. The molecule has 2 aromatic rings. The van der Waals surface area contributed by atoms with E-state index in [1.54, 1.807) is 0 Å². The summed E-state index contributed by atoms with van der Waals surface area (Å²) in [4.78, 5) is 12.3. The molecule has 0 spiro atoms. The zero-order chi connectivity index (χ0) is 18.3. The summed E-state index contributed by atoms with van der Waals surface area (Å²) in [7, 11) is -3.90. The van der Waals surface area contributed by atoms with Crippen molar-refractivity contribution in [2.75, 3.05) is 13.2 Å². The van der Waals surface area contributed by atoms with E-state index in [1.165, 1.54) is 24.3 Å². The number of aliphatic hydroxyl groups excluding tert-OH is 1. The van der Waals surface area contributed by atoms with Crippen LogP contribution in [0.2, 0.25) is 5.02 Å². The molecule has 0 bridgehead atoms. The number of amides is 1. The van der Waals surface area contributed by atoms with E-state index in [2.05, 4.69) is 10.0 Å². The maximum Gasteiger partial charge on any atom is 0.241 e. The second kappa shape index (κ2) is 8.96. The van der Waals surface area contributed by atoms with Crippen molar-refractivity contribution in [3.63, 3.8) is 0 Å². The van der Waals surface area contributed by atoms with Crippen molar-refractivity contribution in [3.8, 4) is 0 Å². The Kier molecular flexibility index (Phi) is 6.95. The highest BCUT2D eigenvalue weighted by Gasteiger charge is 2.25. The lowest BCUT2D eigenvalue weighted by Gasteiger charge is -2.18. The molecule has 25 heavy (non-hydrogen) atoms. The molecular formula is C17H19ClN2O4S. The van der Waals surface area contributed by atoms with Crippen molar-refractivity contribution in [1.29, 1.82) is 0 Å². The zero-order valence-corrected chi connectivity index (χ0v) is 14.9. The summed E-state index contributed by atoms with van der Waals surface area (Å²) >= 11 is 5.78. The van der Waals surface area contributed by atoms with Crippen molar-refractivity contribution in [2.45, 2.75) is 17.4 Å². The number of benzene rings is 2. The number of rotatable bonds is 8. The smallest absolute Gasteiger partial charge is 0.241 e. The fourth-order valence-corrected chi connectivity index (χ4v) is 3.53. The van der Waals surface area contributed by atoms with Crippen molar-refractivity contribution >= 4 is 27.5 Å². The summed E-state index contributed by atoms with van der Waals surface area (Å²) in [6.45, 7) is -0.180. The van der Waals surface area contributed by atoms with Crippen LogP contribution >= 0.6 is 11.6 Å². The van der Waals surface area contributed by atoms with Crippen LogP contribution in [0.25, 0.3) is 0 Å². The molecule has 0 saturated heterocycles. The average Bonchev–Trinajstić information content (AvgIpc) is 2.60. The number of halogens is 1. The Morgan fingerprint density at radius 2 is 1.72 bits per heavy atom. The second-order valence-corrected chi connectivity index (χ2v) is 7.48. The van der Waals surface area contributed by atoms with E-state index < -0.39 is 22.0 Å². The first kappa shape index (κ1) is 19.4. The lowest BCUT2D eigenvalue weighted by molar-refractivity contribution is -0.122. The number of sulfonamides is 1. The number of nitrogens with one attached hydrogen (secondary N) is 2. The molecule has 2 rings (SSSR count). The van der Waals surface area contributed by atoms with E-state index in [0.29, 0.717) is 5.02 Å². The minimum Gasteiger partial charge on any atom is -0.395 e. The van der Waals surface area contributed by atoms with E-state index in [9.17, 15) is 13.2 Å². The van der Waals surface area contributed by atoms with Crippen molar-refractivity contribution in [3.05, 3.63) is 65.2 Å². The van der Waals surface area contributed by atoms with Gasteiger partial charge in [-0.25, -0.2) is 8.42 Å². The summed E-state index contributed by atoms with van der Waals surface area (Å²) in [5, 5.41) is 11.8. The Morgan fingerprint density at radius 3 is 2.32 bits per heavy atom. The van der Waals surface area contributed by atoms with Gasteiger partial charge in [0, 0.05) is 11.6 Å². The fourth-order valence-electron chi connectivity index (χ4n) is 2.21. The third-order valence-electron chi connectivity index (χ3n) is 3.43. The van der Waals surface area contributed by atoms with Gasteiger partial charge in [-0.05, 0) is 36.2 Å². The van der Waals surface area contributed by atoms with Gasteiger partial charge in [-0.1, -0.05) is 41.9 Å². The first-order valence-corrected chi connectivity index (χ1v) is 9.49. The minimum absolute atomic E-state index is 0.0184. The molecule has 1 unspecified atom stereocenters. The van der Waals surface area contributed by atoms with Gasteiger partial charge in [0.25, 0.3) is 0 Å². The molecule has 2 aromatic carbocycles. The molecule has 1 amide bonds. The lowest BCUT2D eigenvalue weighted by Crippen LogP contribution is -2.48.